The van der Waals surface area contributed by atoms with Gasteiger partial charge in [-0.05, 0) is 18.2 Å². The number of anilines is 1. The van der Waals surface area contributed by atoms with Crippen LogP contribution in [0.2, 0.25) is 0 Å². The first kappa shape index (κ1) is 26.3. The van der Waals surface area contributed by atoms with Gasteiger partial charge in [0.25, 0.3) is 11.6 Å². The van der Waals surface area contributed by atoms with Crippen LogP contribution in [0.3, 0.4) is 0 Å². The third-order valence-electron chi connectivity index (χ3n) is 5.12. The number of non-ortho nitro benzene ring substituents is 1. The summed E-state index contributed by atoms with van der Waals surface area (Å²) in [6, 6.07) is 18.8. The zero-order valence-electron chi connectivity index (χ0n) is 19.3. The molecule has 0 aliphatic carbocycles. The Morgan fingerprint density at radius 1 is 0.921 bits per heavy atom. The maximum absolute atomic E-state index is 12.8. The minimum atomic E-state index is -4.03. The predicted octanol–water partition coefficient (Wildman–Crippen LogP) is 3.91. The number of carbonyl (C=O) groups is 3. The molecule has 0 fully saturated rings. The molecule has 13 heteroatoms. The number of aromatic nitrogens is 1. The van der Waals surface area contributed by atoms with Crippen molar-refractivity contribution in [1.29, 1.82) is 0 Å². The van der Waals surface area contributed by atoms with Gasteiger partial charge in [-0.3, -0.25) is 25.0 Å². The van der Waals surface area contributed by atoms with Gasteiger partial charge in [-0.2, -0.15) is 0 Å². The van der Waals surface area contributed by atoms with E-state index >= 15 is 0 Å². The van der Waals surface area contributed by atoms with Crippen LogP contribution in [0.5, 0.6) is 0 Å². The lowest BCUT2D eigenvalue weighted by atomic mass is 9.98. The number of ketones is 1. The molecule has 0 radical (unpaired) electrons. The standard InChI is InChI=1S/C25H17N3O8S2/c29-21(15-36-24(31)20-9-5-4-8-19(20)23(30)16-6-2-1-3-7-16)27-25-26-14-22(37-25)38(34,35)18-12-10-17(11-13-18)28(32)33/h1-14H,15H2,(H,26,27,29). The van der Waals surface area contributed by atoms with E-state index in [1.165, 1.54) is 12.1 Å². The molecule has 4 aromatic rings. The largest absolute Gasteiger partial charge is 0.452 e. The number of esters is 1. The topological polar surface area (TPSA) is 163 Å². The molecule has 0 atom stereocenters. The molecule has 0 aliphatic rings. The van der Waals surface area contributed by atoms with Crippen LogP contribution < -0.4 is 5.32 Å². The molecule has 11 nitrogen and oxygen atoms in total. The van der Waals surface area contributed by atoms with Crippen LogP contribution in [0.15, 0.2) is 94.2 Å². The number of hydrogen-bond donors (Lipinski definition) is 1. The number of nitrogens with one attached hydrogen (secondary N) is 1. The first-order chi connectivity index (χ1) is 18.2. The fourth-order valence-electron chi connectivity index (χ4n) is 3.27. The fraction of sp³-hybridized carbons (Fsp3) is 0.0400. The van der Waals surface area contributed by atoms with Crippen molar-refractivity contribution >= 4 is 49.7 Å². The third kappa shape index (κ3) is 5.79. The van der Waals surface area contributed by atoms with Crippen LogP contribution >= 0.6 is 11.3 Å². The van der Waals surface area contributed by atoms with Crippen molar-refractivity contribution in [3.63, 3.8) is 0 Å². The Morgan fingerprint density at radius 2 is 1.55 bits per heavy atom. The smallest absolute Gasteiger partial charge is 0.339 e. The van der Waals surface area contributed by atoms with E-state index in [0.717, 1.165) is 30.5 Å². The molecule has 1 amide bonds. The van der Waals surface area contributed by atoms with Crippen LogP contribution in [0, 0.1) is 10.1 Å². The summed E-state index contributed by atoms with van der Waals surface area (Å²) >= 11 is 0.658. The average molecular weight is 552 g/mol. The van der Waals surface area contributed by atoms with Gasteiger partial charge in [-0.15, -0.1) is 0 Å². The maximum atomic E-state index is 12.8. The van der Waals surface area contributed by atoms with Crippen LogP contribution in [-0.2, 0) is 19.4 Å². The molecule has 4 rings (SSSR count). The molecule has 38 heavy (non-hydrogen) atoms. The van der Waals surface area contributed by atoms with Gasteiger partial charge in [-0.1, -0.05) is 59.9 Å². The van der Waals surface area contributed by atoms with Crippen molar-refractivity contribution in [2.75, 3.05) is 11.9 Å². The van der Waals surface area contributed by atoms with Crippen LogP contribution in [-0.4, -0.2) is 42.6 Å². The SMILES string of the molecule is O=C(COC(=O)c1ccccc1C(=O)c1ccccc1)Nc1ncc(S(=O)(=O)c2ccc([N+](=O)[O-])cc2)s1. The predicted molar refractivity (Wildman–Crippen MR) is 136 cm³/mol. The molecule has 0 saturated heterocycles. The lowest BCUT2D eigenvalue weighted by Crippen LogP contribution is -2.22. The summed E-state index contributed by atoms with van der Waals surface area (Å²) in [6.45, 7) is -0.712. The maximum Gasteiger partial charge on any atom is 0.339 e. The number of sulfone groups is 1. The number of nitrogens with zero attached hydrogens (tertiary/aromatic N) is 2. The second kappa shape index (κ2) is 11.1. The number of ether oxygens (including phenoxy) is 1. The Labute approximate surface area is 219 Å². The summed E-state index contributed by atoms with van der Waals surface area (Å²) in [6.07, 6.45) is 1.04. The van der Waals surface area contributed by atoms with Crippen LogP contribution in [0.4, 0.5) is 10.8 Å². The van der Waals surface area contributed by atoms with Gasteiger partial charge < -0.3 is 4.74 Å². The van der Waals surface area contributed by atoms with Crippen LogP contribution in [0.25, 0.3) is 0 Å². The Kier molecular flexibility index (Phi) is 7.69. The minimum Gasteiger partial charge on any atom is -0.452 e. The third-order valence-corrected chi connectivity index (χ3v) is 8.26. The fourth-order valence-corrected chi connectivity index (χ4v) is 5.72. The normalized spacial score (nSPS) is 10.9. The van der Waals surface area contributed by atoms with Gasteiger partial charge in [0.2, 0.25) is 9.84 Å². The Hall–Kier alpha value is -4.75. The van der Waals surface area contributed by atoms with Crippen LogP contribution in [0.1, 0.15) is 26.3 Å². The number of nitro groups is 1. The van der Waals surface area contributed by atoms with Crippen molar-refractivity contribution in [3.05, 3.63) is 112 Å². The zero-order chi connectivity index (χ0) is 27.3. The van der Waals surface area contributed by atoms with Gasteiger partial charge in [0.1, 0.15) is 4.21 Å². The molecule has 192 valence electrons. The Morgan fingerprint density at radius 3 is 2.21 bits per heavy atom. The van der Waals surface area contributed by atoms with Crippen molar-refractivity contribution in [3.8, 4) is 0 Å². The molecular weight excluding hydrogens is 534 g/mol. The average Bonchev–Trinajstić information content (AvgIpc) is 3.41. The first-order valence-electron chi connectivity index (χ1n) is 10.8. The molecule has 3 aromatic carbocycles. The number of amides is 1. The monoisotopic (exact) mass is 551 g/mol. The molecule has 0 unspecified atom stereocenters. The molecule has 0 bridgehead atoms. The highest BCUT2D eigenvalue weighted by atomic mass is 32.2. The van der Waals surface area contributed by atoms with E-state index in [4.69, 9.17) is 4.74 Å². The highest BCUT2D eigenvalue weighted by Gasteiger charge is 2.23. The second-order valence-corrected chi connectivity index (χ2v) is 10.8. The summed E-state index contributed by atoms with van der Waals surface area (Å²) in [5.74, 6) is -2.05. The molecular formula is C25H17N3O8S2. The highest BCUT2D eigenvalue weighted by Crippen LogP contribution is 2.29. The number of hydrogen-bond acceptors (Lipinski definition) is 10. The summed E-state index contributed by atoms with van der Waals surface area (Å²) in [4.78, 5) is 51.6. The summed E-state index contributed by atoms with van der Waals surface area (Å²) in [7, 11) is -4.03. The van der Waals surface area contributed by atoms with Gasteiger partial charge in [0, 0.05) is 23.3 Å². The van der Waals surface area contributed by atoms with E-state index in [1.54, 1.807) is 42.5 Å². The zero-order valence-corrected chi connectivity index (χ0v) is 20.9. The lowest BCUT2D eigenvalue weighted by Gasteiger charge is -2.09. The van der Waals surface area contributed by atoms with E-state index in [0.29, 0.717) is 16.9 Å². The van der Waals surface area contributed by atoms with E-state index in [2.05, 4.69) is 10.3 Å². The van der Waals surface area contributed by atoms with Gasteiger partial charge in [0.15, 0.2) is 17.5 Å². The van der Waals surface area contributed by atoms with Gasteiger partial charge >= 0.3 is 5.97 Å². The molecule has 0 saturated carbocycles. The van der Waals surface area contributed by atoms with Crippen molar-refractivity contribution < 1.29 is 32.5 Å². The highest BCUT2D eigenvalue weighted by molar-refractivity contribution is 7.93. The number of carbonyl (C=O) groups excluding carboxylic acids is 3. The van der Waals surface area contributed by atoms with Crippen molar-refractivity contribution in [2.24, 2.45) is 0 Å². The molecule has 1 N–H and O–H groups in total. The number of benzene rings is 3. The molecule has 0 aliphatic heterocycles. The summed E-state index contributed by atoms with van der Waals surface area (Å²) in [5.41, 5.74) is 0.224. The summed E-state index contributed by atoms with van der Waals surface area (Å²) < 4.78 is 30.4. The van der Waals surface area contributed by atoms with Crippen molar-refractivity contribution in [2.45, 2.75) is 9.10 Å². The van der Waals surface area contributed by atoms with E-state index in [9.17, 15) is 32.9 Å². The molecule has 1 heterocycles. The van der Waals surface area contributed by atoms with E-state index in [1.807, 2.05) is 0 Å². The minimum absolute atomic E-state index is 0.0140. The Balaban J connectivity index is 1.40. The second-order valence-electron chi connectivity index (χ2n) is 7.60. The molecule has 1 aromatic heterocycles. The lowest BCUT2D eigenvalue weighted by molar-refractivity contribution is -0.384. The van der Waals surface area contributed by atoms with Gasteiger partial charge in [0.05, 0.1) is 21.6 Å². The van der Waals surface area contributed by atoms with Crippen molar-refractivity contribution in [1.82, 2.24) is 4.98 Å². The van der Waals surface area contributed by atoms with E-state index < -0.39 is 33.2 Å². The number of nitro benzene ring substituents is 1. The van der Waals surface area contributed by atoms with E-state index in [-0.39, 0.29) is 36.8 Å². The first-order valence-corrected chi connectivity index (χ1v) is 13.1. The van der Waals surface area contributed by atoms with Gasteiger partial charge in [-0.25, -0.2) is 18.2 Å². The summed E-state index contributed by atoms with van der Waals surface area (Å²) in [5, 5.41) is 13.1. The Bertz CT molecular complexity index is 1630. The number of rotatable bonds is 9. The molecule has 0 spiro atoms. The quantitative estimate of drug-likeness (QED) is 0.141. The number of thiazole rings is 1.